The van der Waals surface area contributed by atoms with Crippen molar-refractivity contribution in [3.8, 4) is 0 Å². The summed E-state index contributed by atoms with van der Waals surface area (Å²) in [4.78, 5) is 27.0. The summed E-state index contributed by atoms with van der Waals surface area (Å²) in [6, 6.07) is 14.1. The minimum atomic E-state index is -3.50. The van der Waals surface area contributed by atoms with Crippen molar-refractivity contribution in [3.63, 3.8) is 0 Å². The van der Waals surface area contributed by atoms with Crippen LogP contribution in [0.3, 0.4) is 0 Å². The number of rotatable bonds is 8. The van der Waals surface area contributed by atoms with Gasteiger partial charge in [0.1, 0.15) is 18.2 Å². The summed E-state index contributed by atoms with van der Waals surface area (Å²) < 4.78 is 26.9. The molecule has 0 bridgehead atoms. The quantitative estimate of drug-likeness (QED) is 0.422. The zero-order valence-electron chi connectivity index (χ0n) is 22.6. The number of hydrogen-bond acceptors (Lipinski definition) is 7. The van der Waals surface area contributed by atoms with Crippen molar-refractivity contribution in [2.45, 2.75) is 68.6 Å². The number of benzene rings is 2. The predicted molar refractivity (Wildman–Crippen MR) is 155 cm³/mol. The first kappa shape index (κ1) is 27.8. The molecule has 2 aromatic carbocycles. The highest BCUT2D eigenvalue weighted by Gasteiger charge is 2.44. The zero-order chi connectivity index (χ0) is 27.7. The third-order valence-corrected chi connectivity index (χ3v) is 10.5. The SMILES string of the molecule is CC(C)N(C)C1CCC(N2CCC(Nc3ncnc4ccc(Cl)cc34)C2=O)[C@H](CS(=O)(=O)c2ccccc2)C1. The molecule has 0 radical (unpaired) electrons. The second-order valence-corrected chi connectivity index (χ2v) is 13.5. The lowest BCUT2D eigenvalue weighted by Gasteiger charge is -2.44. The Morgan fingerprint density at radius 2 is 1.87 bits per heavy atom. The van der Waals surface area contributed by atoms with Crippen molar-refractivity contribution in [1.29, 1.82) is 0 Å². The minimum absolute atomic E-state index is 0.00781. The fourth-order valence-corrected chi connectivity index (χ4v) is 7.94. The van der Waals surface area contributed by atoms with Crippen LogP contribution in [0.25, 0.3) is 10.9 Å². The molecular weight excluding hydrogens is 534 g/mol. The number of carbonyl (C=O) groups is 1. The number of likely N-dealkylation sites (tertiary alicyclic amines) is 1. The fraction of sp³-hybridized carbons (Fsp3) is 0.483. The molecule has 1 saturated carbocycles. The van der Waals surface area contributed by atoms with Gasteiger partial charge in [-0.2, -0.15) is 0 Å². The molecule has 1 aliphatic heterocycles. The van der Waals surface area contributed by atoms with Crippen LogP contribution in [-0.2, 0) is 14.6 Å². The van der Waals surface area contributed by atoms with Crippen molar-refractivity contribution in [2.24, 2.45) is 5.92 Å². The lowest BCUT2D eigenvalue weighted by molar-refractivity contribution is -0.132. The molecule has 2 heterocycles. The number of aromatic nitrogens is 2. The van der Waals surface area contributed by atoms with E-state index >= 15 is 0 Å². The number of carbonyl (C=O) groups excluding carboxylic acids is 1. The van der Waals surface area contributed by atoms with E-state index in [1.165, 1.54) is 6.33 Å². The first-order valence-corrected chi connectivity index (χ1v) is 15.6. The lowest BCUT2D eigenvalue weighted by atomic mass is 9.81. The van der Waals surface area contributed by atoms with Crippen LogP contribution < -0.4 is 5.32 Å². The molecule has 1 N–H and O–H groups in total. The Labute approximate surface area is 235 Å². The van der Waals surface area contributed by atoms with Gasteiger partial charge in [0.05, 0.1) is 16.2 Å². The third kappa shape index (κ3) is 5.90. The molecule has 1 saturated heterocycles. The molecule has 8 nitrogen and oxygen atoms in total. The van der Waals surface area contributed by atoms with Gasteiger partial charge in [-0.15, -0.1) is 0 Å². The number of fused-ring (bicyclic) bond motifs is 1. The smallest absolute Gasteiger partial charge is 0.245 e. The maximum atomic E-state index is 13.8. The normalized spacial score (nSPS) is 24.2. The Balaban J connectivity index is 1.37. The summed E-state index contributed by atoms with van der Waals surface area (Å²) >= 11 is 6.22. The van der Waals surface area contributed by atoms with E-state index in [2.05, 4.69) is 41.1 Å². The van der Waals surface area contributed by atoms with Gasteiger partial charge >= 0.3 is 0 Å². The van der Waals surface area contributed by atoms with Crippen LogP contribution in [-0.4, -0.2) is 77.6 Å². The number of nitrogens with zero attached hydrogens (tertiary/aromatic N) is 4. The molecular formula is C29H36ClN5O3S. The molecule has 1 amide bonds. The van der Waals surface area contributed by atoms with Crippen LogP contribution >= 0.6 is 11.6 Å². The highest BCUT2D eigenvalue weighted by molar-refractivity contribution is 7.91. The van der Waals surface area contributed by atoms with E-state index < -0.39 is 15.9 Å². The van der Waals surface area contributed by atoms with Crippen LogP contribution in [0.1, 0.15) is 39.5 Å². The monoisotopic (exact) mass is 569 g/mol. The maximum Gasteiger partial charge on any atom is 0.245 e. The van der Waals surface area contributed by atoms with Gasteiger partial charge in [-0.25, -0.2) is 18.4 Å². The van der Waals surface area contributed by atoms with Crippen LogP contribution in [0, 0.1) is 5.92 Å². The van der Waals surface area contributed by atoms with E-state index in [4.69, 9.17) is 11.6 Å². The molecule has 2 fully saturated rings. The summed E-state index contributed by atoms with van der Waals surface area (Å²) in [5, 5.41) is 4.67. The van der Waals surface area contributed by atoms with Crippen molar-refractivity contribution < 1.29 is 13.2 Å². The van der Waals surface area contributed by atoms with Gasteiger partial charge in [0.15, 0.2) is 9.84 Å². The van der Waals surface area contributed by atoms with Crippen LogP contribution in [0.15, 0.2) is 59.8 Å². The van der Waals surface area contributed by atoms with Gasteiger partial charge in [0.25, 0.3) is 0 Å². The Morgan fingerprint density at radius 1 is 1.10 bits per heavy atom. The van der Waals surface area contributed by atoms with Crippen molar-refractivity contribution in [3.05, 3.63) is 59.9 Å². The molecule has 4 atom stereocenters. The molecule has 5 rings (SSSR count). The standard InChI is InChI=1S/C29H36ClN5O3S/c1-19(2)34(3)22-10-12-27(20(15-22)17-39(37,38)23-7-5-4-6-8-23)35-14-13-26(29(35)36)33-28-24-16-21(30)9-11-25(24)31-18-32-28/h4-9,11,16,18-20,22,26-27H,10,12-15,17H2,1-3H3,(H,31,32,33)/t20-,22?,26?,27?/m0/s1. The van der Waals surface area contributed by atoms with E-state index in [-0.39, 0.29) is 29.7 Å². The molecule has 208 valence electrons. The molecule has 3 aromatic rings. The molecule has 1 aromatic heterocycles. The van der Waals surface area contributed by atoms with E-state index in [0.29, 0.717) is 34.7 Å². The molecule has 0 spiro atoms. The summed E-state index contributed by atoms with van der Waals surface area (Å²) in [7, 11) is -1.39. The van der Waals surface area contributed by atoms with E-state index in [9.17, 15) is 13.2 Å². The lowest BCUT2D eigenvalue weighted by Crippen LogP contribution is -2.52. The summed E-state index contributed by atoms with van der Waals surface area (Å²) in [5.74, 6) is 0.442. The van der Waals surface area contributed by atoms with Gasteiger partial charge in [0.2, 0.25) is 5.91 Å². The molecule has 3 unspecified atom stereocenters. The molecule has 1 aliphatic carbocycles. The van der Waals surface area contributed by atoms with Crippen LogP contribution in [0.4, 0.5) is 5.82 Å². The third-order valence-electron chi connectivity index (χ3n) is 8.39. The Bertz CT molecular complexity index is 1440. The van der Waals surface area contributed by atoms with Gasteiger partial charge in [-0.3, -0.25) is 4.79 Å². The predicted octanol–water partition coefficient (Wildman–Crippen LogP) is 4.65. The average Bonchev–Trinajstić information content (AvgIpc) is 3.28. The summed E-state index contributed by atoms with van der Waals surface area (Å²) in [6.45, 7) is 4.90. The maximum absolute atomic E-state index is 13.8. The van der Waals surface area contributed by atoms with Gasteiger partial charge in [0, 0.05) is 35.1 Å². The van der Waals surface area contributed by atoms with Crippen molar-refractivity contribution >= 4 is 44.1 Å². The Hall–Kier alpha value is -2.75. The fourth-order valence-electron chi connectivity index (χ4n) is 6.08. The Morgan fingerprint density at radius 3 is 2.62 bits per heavy atom. The van der Waals surface area contributed by atoms with E-state index in [0.717, 1.165) is 30.2 Å². The van der Waals surface area contributed by atoms with Crippen LogP contribution in [0.5, 0.6) is 0 Å². The number of amides is 1. The number of sulfone groups is 1. The zero-order valence-corrected chi connectivity index (χ0v) is 24.2. The number of anilines is 1. The first-order chi connectivity index (χ1) is 18.6. The van der Waals surface area contributed by atoms with E-state index in [1.807, 2.05) is 17.0 Å². The van der Waals surface area contributed by atoms with Gasteiger partial charge in [-0.1, -0.05) is 29.8 Å². The number of halogens is 1. The summed E-state index contributed by atoms with van der Waals surface area (Å²) in [5.41, 5.74) is 0.748. The summed E-state index contributed by atoms with van der Waals surface area (Å²) in [6.07, 6.45) is 4.54. The van der Waals surface area contributed by atoms with Crippen LogP contribution in [0.2, 0.25) is 5.02 Å². The number of hydrogen-bond donors (Lipinski definition) is 1. The molecule has 39 heavy (non-hydrogen) atoms. The molecule has 10 heteroatoms. The topological polar surface area (TPSA) is 95.5 Å². The van der Waals surface area contributed by atoms with E-state index in [1.54, 1.807) is 36.4 Å². The largest absolute Gasteiger partial charge is 0.358 e. The second kappa shape index (κ2) is 11.4. The van der Waals surface area contributed by atoms with Crippen molar-refractivity contribution in [1.82, 2.24) is 19.8 Å². The Kier molecular flexibility index (Phi) is 8.12. The highest BCUT2D eigenvalue weighted by atomic mass is 35.5. The highest BCUT2D eigenvalue weighted by Crippen LogP contribution is 2.36. The van der Waals surface area contributed by atoms with Gasteiger partial charge in [-0.05, 0) is 82.8 Å². The molecule has 2 aliphatic rings. The first-order valence-electron chi connectivity index (χ1n) is 13.6. The minimum Gasteiger partial charge on any atom is -0.358 e. The number of nitrogens with one attached hydrogen (secondary N) is 1. The second-order valence-electron chi connectivity index (χ2n) is 11.0. The average molecular weight is 570 g/mol. The van der Waals surface area contributed by atoms with Crippen molar-refractivity contribution in [2.75, 3.05) is 24.7 Å². The van der Waals surface area contributed by atoms with Gasteiger partial charge < -0.3 is 15.1 Å².